The number of hydrogen-bond donors (Lipinski definition) is 1. The molecule has 23 heavy (non-hydrogen) atoms. The van der Waals surface area contributed by atoms with Gasteiger partial charge >= 0.3 is 0 Å². The minimum absolute atomic E-state index is 0.0340. The van der Waals surface area contributed by atoms with Gasteiger partial charge in [-0.15, -0.1) is 0 Å². The van der Waals surface area contributed by atoms with Gasteiger partial charge in [0.15, 0.2) is 0 Å². The number of non-ortho nitro benzene ring substituents is 1. The highest BCUT2D eigenvalue weighted by atomic mass is 16.6. The van der Waals surface area contributed by atoms with E-state index in [1.165, 1.54) is 6.92 Å². The van der Waals surface area contributed by atoms with Crippen LogP contribution in [0, 0.1) is 27.2 Å². The van der Waals surface area contributed by atoms with Crippen molar-refractivity contribution in [3.05, 3.63) is 43.5 Å². The molecule has 126 valence electrons. The number of amides is 1. The van der Waals surface area contributed by atoms with Crippen molar-refractivity contribution in [3.8, 4) is 0 Å². The van der Waals surface area contributed by atoms with E-state index in [1.54, 1.807) is 0 Å². The Balaban J connectivity index is 3.03. The standard InChI is InChI=1S/C15H21N3O5/c1-4-5-6-7-10(2)16-15(19)13-8-12(17(20)21)9-14(11(13)3)18(22)23/h8-10H,4-7H2,1-3H3,(H,16,19). The Kier molecular flexibility index (Phi) is 6.62. The monoisotopic (exact) mass is 323 g/mol. The summed E-state index contributed by atoms with van der Waals surface area (Å²) in [6.45, 7) is 5.34. The normalized spacial score (nSPS) is 11.8. The molecule has 0 bridgehead atoms. The van der Waals surface area contributed by atoms with Crippen molar-refractivity contribution in [1.82, 2.24) is 5.32 Å². The van der Waals surface area contributed by atoms with Crippen LogP contribution in [0.4, 0.5) is 11.4 Å². The van der Waals surface area contributed by atoms with Gasteiger partial charge in [-0.1, -0.05) is 26.2 Å². The Morgan fingerprint density at radius 1 is 1.22 bits per heavy atom. The predicted octanol–water partition coefficient (Wildman–Crippen LogP) is 3.51. The van der Waals surface area contributed by atoms with E-state index >= 15 is 0 Å². The molecule has 0 heterocycles. The maximum atomic E-state index is 12.3. The van der Waals surface area contributed by atoms with E-state index in [2.05, 4.69) is 12.2 Å². The summed E-state index contributed by atoms with van der Waals surface area (Å²) in [4.78, 5) is 32.8. The fourth-order valence-electron chi connectivity index (χ4n) is 2.29. The first-order valence-electron chi connectivity index (χ1n) is 7.52. The molecule has 1 unspecified atom stereocenters. The highest BCUT2D eigenvalue weighted by Gasteiger charge is 2.25. The van der Waals surface area contributed by atoms with Crippen LogP contribution in [0.15, 0.2) is 12.1 Å². The molecule has 0 spiro atoms. The maximum absolute atomic E-state index is 12.3. The molecular weight excluding hydrogens is 302 g/mol. The first-order valence-corrected chi connectivity index (χ1v) is 7.52. The van der Waals surface area contributed by atoms with Crippen LogP contribution in [0.1, 0.15) is 55.5 Å². The number of nitro groups is 2. The number of nitrogens with zero attached hydrogens (tertiary/aromatic N) is 2. The Hall–Kier alpha value is -2.51. The third-order valence-electron chi connectivity index (χ3n) is 3.64. The zero-order valence-electron chi connectivity index (χ0n) is 13.5. The molecule has 8 heteroatoms. The van der Waals surface area contributed by atoms with Crippen LogP contribution in [0.25, 0.3) is 0 Å². The van der Waals surface area contributed by atoms with Gasteiger partial charge in [-0.05, 0) is 20.3 Å². The van der Waals surface area contributed by atoms with E-state index in [0.29, 0.717) is 0 Å². The molecule has 8 nitrogen and oxygen atoms in total. The van der Waals surface area contributed by atoms with E-state index in [-0.39, 0.29) is 17.2 Å². The molecule has 0 aliphatic rings. The van der Waals surface area contributed by atoms with Crippen LogP contribution in [0.3, 0.4) is 0 Å². The number of benzene rings is 1. The number of nitrogens with one attached hydrogen (secondary N) is 1. The van der Waals surface area contributed by atoms with Crippen molar-refractivity contribution in [2.45, 2.75) is 52.5 Å². The molecule has 0 radical (unpaired) electrons. The van der Waals surface area contributed by atoms with Crippen LogP contribution < -0.4 is 5.32 Å². The Morgan fingerprint density at radius 2 is 1.87 bits per heavy atom. The van der Waals surface area contributed by atoms with Gasteiger partial charge in [0.25, 0.3) is 17.3 Å². The average Bonchev–Trinajstić information content (AvgIpc) is 2.46. The van der Waals surface area contributed by atoms with Gasteiger partial charge in [-0.25, -0.2) is 0 Å². The summed E-state index contributed by atoms with van der Waals surface area (Å²) in [5, 5.41) is 24.7. The highest BCUT2D eigenvalue weighted by molar-refractivity contribution is 5.97. The molecule has 1 aromatic rings. The lowest BCUT2D eigenvalue weighted by atomic mass is 10.0. The van der Waals surface area contributed by atoms with Crippen LogP contribution in [-0.2, 0) is 0 Å². The lowest BCUT2D eigenvalue weighted by Crippen LogP contribution is -2.33. The van der Waals surface area contributed by atoms with Crippen molar-refractivity contribution in [2.75, 3.05) is 0 Å². The molecule has 0 aliphatic heterocycles. The van der Waals surface area contributed by atoms with E-state index in [0.717, 1.165) is 37.8 Å². The Labute approximate surface area is 134 Å². The molecule has 1 N–H and O–H groups in total. The maximum Gasteiger partial charge on any atom is 0.279 e. The number of hydrogen-bond acceptors (Lipinski definition) is 5. The van der Waals surface area contributed by atoms with Crippen molar-refractivity contribution in [3.63, 3.8) is 0 Å². The Bertz CT molecular complexity index is 615. The second-order valence-electron chi connectivity index (χ2n) is 5.52. The van der Waals surface area contributed by atoms with Crippen LogP contribution in [0.2, 0.25) is 0 Å². The third kappa shape index (κ3) is 5.01. The lowest BCUT2D eigenvalue weighted by Gasteiger charge is -2.14. The number of nitro benzene ring substituents is 2. The largest absolute Gasteiger partial charge is 0.350 e. The average molecular weight is 323 g/mol. The molecule has 1 amide bonds. The van der Waals surface area contributed by atoms with E-state index < -0.39 is 27.1 Å². The second kappa shape index (κ2) is 8.21. The van der Waals surface area contributed by atoms with Gasteiger partial charge in [0, 0.05) is 17.7 Å². The third-order valence-corrected chi connectivity index (χ3v) is 3.64. The van der Waals surface area contributed by atoms with Crippen molar-refractivity contribution < 1.29 is 14.6 Å². The van der Waals surface area contributed by atoms with Gasteiger partial charge in [0.05, 0.1) is 21.5 Å². The number of carbonyl (C=O) groups is 1. The molecule has 0 aliphatic carbocycles. The van der Waals surface area contributed by atoms with Gasteiger partial charge in [-0.2, -0.15) is 0 Å². The van der Waals surface area contributed by atoms with Crippen molar-refractivity contribution in [1.29, 1.82) is 0 Å². The predicted molar refractivity (Wildman–Crippen MR) is 85.6 cm³/mol. The van der Waals surface area contributed by atoms with E-state index in [1.807, 2.05) is 6.92 Å². The molecule has 1 atom stereocenters. The van der Waals surface area contributed by atoms with Crippen LogP contribution >= 0.6 is 0 Å². The fraction of sp³-hybridized carbons (Fsp3) is 0.533. The SMILES string of the molecule is CCCCCC(C)NC(=O)c1cc([N+](=O)[O-])cc([N+](=O)[O-])c1C. The van der Waals surface area contributed by atoms with E-state index in [4.69, 9.17) is 0 Å². The van der Waals surface area contributed by atoms with Gasteiger partial charge < -0.3 is 5.32 Å². The summed E-state index contributed by atoms with van der Waals surface area (Å²) in [7, 11) is 0. The quantitative estimate of drug-likeness (QED) is 0.446. The smallest absolute Gasteiger partial charge is 0.279 e. The first kappa shape index (κ1) is 18.5. The van der Waals surface area contributed by atoms with Crippen molar-refractivity contribution in [2.24, 2.45) is 0 Å². The number of unbranched alkanes of at least 4 members (excludes halogenated alkanes) is 2. The van der Waals surface area contributed by atoms with Gasteiger partial charge in [0.1, 0.15) is 0 Å². The molecule has 0 aromatic heterocycles. The molecular formula is C15H21N3O5. The zero-order chi connectivity index (χ0) is 17.6. The summed E-state index contributed by atoms with van der Waals surface area (Å²) < 4.78 is 0. The zero-order valence-corrected chi connectivity index (χ0v) is 13.5. The van der Waals surface area contributed by atoms with Crippen LogP contribution in [0.5, 0.6) is 0 Å². The van der Waals surface area contributed by atoms with Crippen LogP contribution in [-0.4, -0.2) is 21.8 Å². The van der Waals surface area contributed by atoms with Gasteiger partial charge in [0.2, 0.25) is 0 Å². The second-order valence-corrected chi connectivity index (χ2v) is 5.52. The molecule has 0 saturated heterocycles. The number of rotatable bonds is 8. The summed E-state index contributed by atoms with van der Waals surface area (Å²) in [6, 6.07) is 1.85. The van der Waals surface area contributed by atoms with Crippen molar-refractivity contribution >= 4 is 17.3 Å². The Morgan fingerprint density at radius 3 is 2.39 bits per heavy atom. The lowest BCUT2D eigenvalue weighted by molar-refractivity contribution is -0.394. The molecule has 1 rings (SSSR count). The highest BCUT2D eigenvalue weighted by Crippen LogP contribution is 2.28. The molecule has 1 aromatic carbocycles. The van der Waals surface area contributed by atoms with Gasteiger partial charge in [-0.3, -0.25) is 25.0 Å². The minimum Gasteiger partial charge on any atom is -0.350 e. The topological polar surface area (TPSA) is 115 Å². The molecule has 0 saturated carbocycles. The minimum atomic E-state index is -0.742. The summed E-state index contributed by atoms with van der Waals surface area (Å²) in [5.41, 5.74) is -0.804. The molecule has 0 fully saturated rings. The summed E-state index contributed by atoms with van der Waals surface area (Å²) in [6.07, 6.45) is 3.88. The summed E-state index contributed by atoms with van der Waals surface area (Å²) in [5.74, 6) is -0.529. The van der Waals surface area contributed by atoms with E-state index in [9.17, 15) is 25.0 Å². The fourth-order valence-corrected chi connectivity index (χ4v) is 2.29. The number of carbonyl (C=O) groups excluding carboxylic acids is 1. The summed E-state index contributed by atoms with van der Waals surface area (Å²) >= 11 is 0. The first-order chi connectivity index (χ1) is 10.8.